The van der Waals surface area contributed by atoms with Gasteiger partial charge in [0.1, 0.15) is 5.82 Å². The molecular formula is C13H11Br2FN2. The van der Waals surface area contributed by atoms with E-state index in [0.717, 1.165) is 10.0 Å². The van der Waals surface area contributed by atoms with Crippen LogP contribution in [0.1, 0.15) is 17.2 Å². The molecule has 0 saturated heterocycles. The third kappa shape index (κ3) is 3.16. The number of nitrogens with zero attached hydrogens (tertiary/aromatic N) is 1. The lowest BCUT2D eigenvalue weighted by Crippen LogP contribution is -2.15. The molecule has 0 spiro atoms. The molecule has 5 heteroatoms. The Morgan fingerprint density at radius 2 is 2.06 bits per heavy atom. The Morgan fingerprint density at radius 3 is 2.78 bits per heavy atom. The predicted molar refractivity (Wildman–Crippen MR) is 76.7 cm³/mol. The molecule has 2 aromatic rings. The minimum Gasteiger partial charge on any atom is -0.324 e. The second-order valence-corrected chi connectivity index (χ2v) is 5.74. The van der Waals surface area contributed by atoms with Crippen molar-refractivity contribution in [1.29, 1.82) is 0 Å². The van der Waals surface area contributed by atoms with Gasteiger partial charge in [-0.2, -0.15) is 0 Å². The van der Waals surface area contributed by atoms with E-state index in [1.165, 1.54) is 0 Å². The molecule has 0 fully saturated rings. The molecule has 94 valence electrons. The molecule has 1 aromatic heterocycles. The van der Waals surface area contributed by atoms with Crippen LogP contribution in [0.2, 0.25) is 0 Å². The number of hydrogen-bond acceptors (Lipinski definition) is 2. The standard InChI is InChI=1S/C13H11Br2FN2/c14-9-4-8(6-18-7-9)5-12(17)10-2-1-3-11(15)13(10)16/h1-4,6-7,12H,5,17H2. The van der Waals surface area contributed by atoms with E-state index in [0.29, 0.717) is 16.5 Å². The summed E-state index contributed by atoms with van der Waals surface area (Å²) in [7, 11) is 0. The van der Waals surface area contributed by atoms with Gasteiger partial charge in [-0.1, -0.05) is 12.1 Å². The second-order valence-electron chi connectivity index (χ2n) is 3.97. The van der Waals surface area contributed by atoms with Gasteiger partial charge in [-0.15, -0.1) is 0 Å². The van der Waals surface area contributed by atoms with Crippen LogP contribution in [-0.4, -0.2) is 4.98 Å². The van der Waals surface area contributed by atoms with Crippen LogP contribution in [0.3, 0.4) is 0 Å². The quantitative estimate of drug-likeness (QED) is 0.883. The molecule has 0 bridgehead atoms. The van der Waals surface area contributed by atoms with E-state index in [2.05, 4.69) is 36.8 Å². The molecule has 2 N–H and O–H groups in total. The molecule has 18 heavy (non-hydrogen) atoms. The first-order chi connectivity index (χ1) is 8.58. The summed E-state index contributed by atoms with van der Waals surface area (Å²) in [5, 5.41) is 0. The smallest absolute Gasteiger partial charge is 0.142 e. The summed E-state index contributed by atoms with van der Waals surface area (Å²) in [6.07, 6.45) is 3.98. The number of hydrogen-bond donors (Lipinski definition) is 1. The molecule has 0 aliphatic carbocycles. The SMILES string of the molecule is NC(Cc1cncc(Br)c1)c1cccc(Br)c1F. The van der Waals surface area contributed by atoms with E-state index in [1.807, 2.05) is 6.07 Å². The Morgan fingerprint density at radius 1 is 1.28 bits per heavy atom. The number of halogens is 3. The fourth-order valence-electron chi connectivity index (χ4n) is 1.74. The molecule has 0 saturated carbocycles. The Balaban J connectivity index is 2.22. The largest absolute Gasteiger partial charge is 0.324 e. The number of nitrogens with two attached hydrogens (primary N) is 1. The van der Waals surface area contributed by atoms with E-state index in [4.69, 9.17) is 5.73 Å². The minimum atomic E-state index is -0.390. The van der Waals surface area contributed by atoms with E-state index >= 15 is 0 Å². The normalized spacial score (nSPS) is 12.4. The number of benzene rings is 1. The molecule has 1 unspecified atom stereocenters. The average molecular weight is 374 g/mol. The van der Waals surface area contributed by atoms with Crippen molar-refractivity contribution in [3.63, 3.8) is 0 Å². The summed E-state index contributed by atoms with van der Waals surface area (Å²) >= 11 is 6.51. The van der Waals surface area contributed by atoms with E-state index in [1.54, 1.807) is 30.6 Å². The van der Waals surface area contributed by atoms with E-state index in [-0.39, 0.29) is 5.82 Å². The van der Waals surface area contributed by atoms with Crippen LogP contribution in [0.5, 0.6) is 0 Å². The van der Waals surface area contributed by atoms with Crippen molar-refractivity contribution in [2.75, 3.05) is 0 Å². The van der Waals surface area contributed by atoms with Gasteiger partial charge in [0.2, 0.25) is 0 Å². The van der Waals surface area contributed by atoms with Crippen molar-refractivity contribution >= 4 is 31.9 Å². The van der Waals surface area contributed by atoms with Crippen molar-refractivity contribution in [3.05, 3.63) is 62.5 Å². The first-order valence-electron chi connectivity index (χ1n) is 5.37. The topological polar surface area (TPSA) is 38.9 Å². The molecule has 0 radical (unpaired) electrons. The van der Waals surface area contributed by atoms with Crippen LogP contribution in [-0.2, 0) is 6.42 Å². The maximum Gasteiger partial charge on any atom is 0.142 e. The highest BCUT2D eigenvalue weighted by Gasteiger charge is 2.14. The molecule has 1 heterocycles. The zero-order valence-electron chi connectivity index (χ0n) is 9.41. The van der Waals surface area contributed by atoms with Crippen molar-refractivity contribution in [2.24, 2.45) is 5.73 Å². The van der Waals surface area contributed by atoms with Gasteiger partial charge in [0.15, 0.2) is 0 Å². The lowest BCUT2D eigenvalue weighted by Gasteiger charge is -2.13. The van der Waals surface area contributed by atoms with Crippen LogP contribution >= 0.6 is 31.9 Å². The molecule has 1 aromatic carbocycles. The summed E-state index contributed by atoms with van der Waals surface area (Å²) in [4.78, 5) is 4.07. The highest BCUT2D eigenvalue weighted by Crippen LogP contribution is 2.25. The summed E-state index contributed by atoms with van der Waals surface area (Å²) < 4.78 is 15.2. The van der Waals surface area contributed by atoms with Gasteiger partial charge < -0.3 is 5.73 Å². The van der Waals surface area contributed by atoms with Crippen LogP contribution in [0.4, 0.5) is 4.39 Å². The minimum absolute atomic E-state index is 0.298. The number of pyridine rings is 1. The fourth-order valence-corrected chi connectivity index (χ4v) is 2.53. The van der Waals surface area contributed by atoms with Crippen molar-refractivity contribution < 1.29 is 4.39 Å². The Bertz CT molecular complexity index is 560. The molecule has 2 rings (SSSR count). The molecule has 0 amide bonds. The van der Waals surface area contributed by atoms with Crippen LogP contribution in [0.15, 0.2) is 45.6 Å². The van der Waals surface area contributed by atoms with Crippen LogP contribution < -0.4 is 5.73 Å². The summed E-state index contributed by atoms with van der Waals surface area (Å²) in [6.45, 7) is 0. The summed E-state index contributed by atoms with van der Waals surface area (Å²) in [5.41, 5.74) is 7.52. The first-order valence-corrected chi connectivity index (χ1v) is 6.95. The van der Waals surface area contributed by atoms with E-state index < -0.39 is 6.04 Å². The first kappa shape index (κ1) is 13.6. The van der Waals surface area contributed by atoms with Gasteiger partial charge in [0.25, 0.3) is 0 Å². The monoisotopic (exact) mass is 372 g/mol. The molecule has 2 nitrogen and oxygen atoms in total. The van der Waals surface area contributed by atoms with Crippen LogP contribution in [0.25, 0.3) is 0 Å². The fraction of sp³-hybridized carbons (Fsp3) is 0.154. The molecular weight excluding hydrogens is 363 g/mol. The van der Waals surface area contributed by atoms with Crippen LogP contribution in [0, 0.1) is 5.82 Å². The zero-order valence-corrected chi connectivity index (χ0v) is 12.6. The number of aromatic nitrogens is 1. The molecule has 0 aliphatic rings. The van der Waals surface area contributed by atoms with Gasteiger partial charge in [-0.25, -0.2) is 4.39 Å². The Hall–Kier alpha value is -0.780. The lowest BCUT2D eigenvalue weighted by atomic mass is 10.0. The summed E-state index contributed by atoms with van der Waals surface area (Å²) in [6, 6.07) is 6.69. The number of rotatable bonds is 3. The van der Waals surface area contributed by atoms with Gasteiger partial charge in [-0.05, 0) is 56.0 Å². The Labute approximate surface area is 122 Å². The highest BCUT2D eigenvalue weighted by molar-refractivity contribution is 9.10. The third-order valence-electron chi connectivity index (χ3n) is 2.60. The van der Waals surface area contributed by atoms with Gasteiger partial charge in [0, 0.05) is 28.5 Å². The molecule has 1 atom stereocenters. The van der Waals surface area contributed by atoms with Gasteiger partial charge >= 0.3 is 0 Å². The third-order valence-corrected chi connectivity index (χ3v) is 3.64. The van der Waals surface area contributed by atoms with Crippen molar-refractivity contribution in [1.82, 2.24) is 4.98 Å². The lowest BCUT2D eigenvalue weighted by molar-refractivity contribution is 0.574. The van der Waals surface area contributed by atoms with Crippen molar-refractivity contribution in [2.45, 2.75) is 12.5 Å². The predicted octanol–water partition coefficient (Wildman–Crippen LogP) is 3.99. The zero-order chi connectivity index (χ0) is 13.1. The Kier molecular flexibility index (Phi) is 4.48. The maximum absolute atomic E-state index is 13.9. The average Bonchev–Trinajstić information content (AvgIpc) is 2.32. The second kappa shape index (κ2) is 5.91. The molecule has 0 aliphatic heterocycles. The van der Waals surface area contributed by atoms with Crippen molar-refractivity contribution in [3.8, 4) is 0 Å². The van der Waals surface area contributed by atoms with E-state index in [9.17, 15) is 4.39 Å². The van der Waals surface area contributed by atoms with Gasteiger partial charge in [0.05, 0.1) is 4.47 Å². The van der Waals surface area contributed by atoms with Gasteiger partial charge in [-0.3, -0.25) is 4.98 Å². The maximum atomic E-state index is 13.9. The highest BCUT2D eigenvalue weighted by atomic mass is 79.9. The summed E-state index contributed by atoms with van der Waals surface area (Å²) in [5.74, 6) is -0.298.